The molecule has 0 unspecified atom stereocenters. The Morgan fingerprint density at radius 2 is 2.00 bits per heavy atom. The van der Waals surface area contributed by atoms with Gasteiger partial charge in [-0.05, 0) is 30.7 Å². The van der Waals surface area contributed by atoms with Crippen molar-refractivity contribution in [3.63, 3.8) is 0 Å². The number of hydrogen-bond acceptors (Lipinski definition) is 4. The molecule has 7 heteroatoms. The van der Waals surface area contributed by atoms with E-state index < -0.39 is 15.9 Å². The molecule has 1 N–H and O–H groups in total. The van der Waals surface area contributed by atoms with E-state index in [0.717, 1.165) is 0 Å². The van der Waals surface area contributed by atoms with Crippen LogP contribution >= 0.6 is 11.6 Å². The molecule has 0 bridgehead atoms. The maximum atomic E-state index is 11.5. The first kappa shape index (κ1) is 13.2. The summed E-state index contributed by atoms with van der Waals surface area (Å²) in [5.74, 6) is 0.444. The SMILES string of the molecule is O=C(N[C@H]1CCS(=O)(=O)C1)Oc1ccc(Cl)cc1. The number of rotatable bonds is 2. The fraction of sp³-hybridized carbons (Fsp3) is 0.364. The van der Waals surface area contributed by atoms with Crippen molar-refractivity contribution in [1.82, 2.24) is 5.32 Å². The molecule has 0 aromatic heterocycles. The third-order valence-corrected chi connectivity index (χ3v) is 4.60. The number of amides is 1. The van der Waals surface area contributed by atoms with E-state index in [2.05, 4.69) is 5.32 Å². The van der Waals surface area contributed by atoms with Crippen LogP contribution in [0.2, 0.25) is 5.02 Å². The van der Waals surface area contributed by atoms with Crippen LogP contribution < -0.4 is 10.1 Å². The molecule has 1 aromatic carbocycles. The number of benzene rings is 1. The molecule has 1 fully saturated rings. The number of carbonyl (C=O) groups excluding carboxylic acids is 1. The Kier molecular flexibility index (Phi) is 3.77. The fourth-order valence-electron chi connectivity index (χ4n) is 1.71. The number of nitrogens with one attached hydrogen (secondary N) is 1. The van der Waals surface area contributed by atoms with Crippen LogP contribution in [0.4, 0.5) is 4.79 Å². The molecular formula is C11H12ClNO4S. The highest BCUT2D eigenvalue weighted by Gasteiger charge is 2.29. The zero-order valence-corrected chi connectivity index (χ0v) is 11.0. The molecule has 1 atom stereocenters. The van der Waals surface area contributed by atoms with Crippen molar-refractivity contribution in [2.24, 2.45) is 0 Å². The minimum Gasteiger partial charge on any atom is -0.410 e. The van der Waals surface area contributed by atoms with Gasteiger partial charge < -0.3 is 10.1 Å². The first-order valence-electron chi connectivity index (χ1n) is 5.39. The highest BCUT2D eigenvalue weighted by Crippen LogP contribution is 2.16. The first-order chi connectivity index (χ1) is 8.44. The molecule has 2 rings (SSSR count). The smallest absolute Gasteiger partial charge is 0.410 e. The van der Waals surface area contributed by atoms with E-state index in [0.29, 0.717) is 17.2 Å². The van der Waals surface area contributed by atoms with E-state index in [1.165, 1.54) is 0 Å². The maximum absolute atomic E-state index is 11.5. The molecule has 1 amide bonds. The molecule has 1 aliphatic heterocycles. The van der Waals surface area contributed by atoms with Crippen molar-refractivity contribution < 1.29 is 17.9 Å². The van der Waals surface area contributed by atoms with Crippen LogP contribution in [0.15, 0.2) is 24.3 Å². The second-order valence-electron chi connectivity index (χ2n) is 4.09. The summed E-state index contributed by atoms with van der Waals surface area (Å²) in [6, 6.07) is 5.96. The minimum atomic E-state index is -3.01. The van der Waals surface area contributed by atoms with E-state index in [1.54, 1.807) is 24.3 Å². The van der Waals surface area contributed by atoms with Crippen LogP contribution in [0.3, 0.4) is 0 Å². The molecule has 0 spiro atoms. The van der Waals surface area contributed by atoms with Gasteiger partial charge in [-0.2, -0.15) is 0 Å². The van der Waals surface area contributed by atoms with Crippen LogP contribution in [-0.4, -0.2) is 32.1 Å². The average molecular weight is 290 g/mol. The number of carbonyl (C=O) groups is 1. The second-order valence-corrected chi connectivity index (χ2v) is 6.75. The Bertz CT molecular complexity index is 541. The molecule has 1 heterocycles. The highest BCUT2D eigenvalue weighted by atomic mass is 35.5. The van der Waals surface area contributed by atoms with Crippen molar-refractivity contribution in [3.8, 4) is 5.75 Å². The summed E-state index contributed by atoms with van der Waals surface area (Å²) in [6.45, 7) is 0. The van der Waals surface area contributed by atoms with Gasteiger partial charge in [-0.15, -0.1) is 0 Å². The largest absolute Gasteiger partial charge is 0.412 e. The predicted molar refractivity (Wildman–Crippen MR) is 67.7 cm³/mol. The molecule has 0 saturated carbocycles. The lowest BCUT2D eigenvalue weighted by Gasteiger charge is -2.10. The fourth-order valence-corrected chi connectivity index (χ4v) is 3.51. The number of ether oxygens (including phenoxy) is 1. The normalized spacial score (nSPS) is 21.5. The van der Waals surface area contributed by atoms with Gasteiger partial charge in [0.05, 0.1) is 11.5 Å². The molecular weight excluding hydrogens is 278 g/mol. The Morgan fingerprint density at radius 1 is 1.33 bits per heavy atom. The van der Waals surface area contributed by atoms with Gasteiger partial charge in [0.2, 0.25) is 0 Å². The highest BCUT2D eigenvalue weighted by molar-refractivity contribution is 7.91. The van der Waals surface area contributed by atoms with Gasteiger partial charge in [-0.1, -0.05) is 11.6 Å². The van der Waals surface area contributed by atoms with E-state index in [1.807, 2.05) is 0 Å². The van der Waals surface area contributed by atoms with Crippen LogP contribution in [0.5, 0.6) is 5.75 Å². The van der Waals surface area contributed by atoms with Crippen LogP contribution in [0.1, 0.15) is 6.42 Å². The summed E-state index contributed by atoms with van der Waals surface area (Å²) in [5, 5.41) is 3.07. The van der Waals surface area contributed by atoms with Gasteiger partial charge in [0.15, 0.2) is 9.84 Å². The molecule has 0 aliphatic carbocycles. The number of halogens is 1. The summed E-state index contributed by atoms with van der Waals surface area (Å²) < 4.78 is 27.4. The zero-order chi connectivity index (χ0) is 13.2. The lowest BCUT2D eigenvalue weighted by atomic mass is 10.3. The van der Waals surface area contributed by atoms with E-state index >= 15 is 0 Å². The Labute approximate surface area is 110 Å². The molecule has 1 aliphatic rings. The summed E-state index contributed by atoms with van der Waals surface area (Å²) in [6.07, 6.45) is -0.225. The van der Waals surface area contributed by atoms with Crippen molar-refractivity contribution in [3.05, 3.63) is 29.3 Å². The first-order valence-corrected chi connectivity index (χ1v) is 7.59. The summed E-state index contributed by atoms with van der Waals surface area (Å²) >= 11 is 5.69. The van der Waals surface area contributed by atoms with Gasteiger partial charge in [0, 0.05) is 11.1 Å². The van der Waals surface area contributed by atoms with Gasteiger partial charge in [0.1, 0.15) is 5.75 Å². The Morgan fingerprint density at radius 3 is 2.56 bits per heavy atom. The molecule has 1 aromatic rings. The molecule has 18 heavy (non-hydrogen) atoms. The monoisotopic (exact) mass is 289 g/mol. The molecule has 98 valence electrons. The Hall–Kier alpha value is -1.27. The topological polar surface area (TPSA) is 72.5 Å². The lowest BCUT2D eigenvalue weighted by Crippen LogP contribution is -2.37. The van der Waals surface area contributed by atoms with Crippen LogP contribution in [-0.2, 0) is 9.84 Å². The summed E-state index contributed by atoms with van der Waals surface area (Å²) in [4.78, 5) is 11.5. The van der Waals surface area contributed by atoms with E-state index in [9.17, 15) is 13.2 Å². The van der Waals surface area contributed by atoms with Crippen molar-refractivity contribution in [2.75, 3.05) is 11.5 Å². The quantitative estimate of drug-likeness (QED) is 0.898. The van der Waals surface area contributed by atoms with E-state index in [-0.39, 0.29) is 17.5 Å². The standard InChI is InChI=1S/C11H12ClNO4S/c12-8-1-3-10(4-2-8)17-11(14)13-9-5-6-18(15,16)7-9/h1-4,9H,5-7H2,(H,13,14)/t9-/m0/s1. The molecule has 5 nitrogen and oxygen atoms in total. The van der Waals surface area contributed by atoms with Crippen molar-refractivity contribution >= 4 is 27.5 Å². The van der Waals surface area contributed by atoms with Gasteiger partial charge in [0.25, 0.3) is 0 Å². The third-order valence-electron chi connectivity index (χ3n) is 2.58. The number of sulfone groups is 1. The van der Waals surface area contributed by atoms with Gasteiger partial charge >= 0.3 is 6.09 Å². The van der Waals surface area contributed by atoms with Crippen molar-refractivity contribution in [2.45, 2.75) is 12.5 Å². The van der Waals surface area contributed by atoms with E-state index in [4.69, 9.17) is 16.3 Å². The predicted octanol–water partition coefficient (Wildman–Crippen LogP) is 1.62. The lowest BCUT2D eigenvalue weighted by molar-refractivity contribution is 0.197. The Balaban J connectivity index is 1.88. The summed E-state index contributed by atoms with van der Waals surface area (Å²) in [7, 11) is -3.01. The third kappa shape index (κ3) is 3.61. The molecule has 0 radical (unpaired) electrons. The minimum absolute atomic E-state index is 0.0251. The maximum Gasteiger partial charge on any atom is 0.412 e. The van der Waals surface area contributed by atoms with Gasteiger partial charge in [-0.25, -0.2) is 13.2 Å². The average Bonchev–Trinajstić information content (AvgIpc) is 2.61. The zero-order valence-electron chi connectivity index (χ0n) is 9.43. The van der Waals surface area contributed by atoms with Crippen LogP contribution in [0.25, 0.3) is 0 Å². The van der Waals surface area contributed by atoms with Crippen molar-refractivity contribution in [1.29, 1.82) is 0 Å². The molecule has 1 saturated heterocycles. The second kappa shape index (κ2) is 5.16. The number of hydrogen-bond donors (Lipinski definition) is 1. The van der Waals surface area contributed by atoms with Gasteiger partial charge in [-0.3, -0.25) is 0 Å². The summed E-state index contributed by atoms with van der Waals surface area (Å²) in [5.41, 5.74) is 0. The van der Waals surface area contributed by atoms with Crippen LogP contribution in [0, 0.1) is 0 Å².